The molecular formula is C21H22N2O3S. The van der Waals surface area contributed by atoms with Crippen LogP contribution >= 0.6 is 11.8 Å². The lowest BCUT2D eigenvalue weighted by atomic mass is 10.0. The molecule has 5 nitrogen and oxygen atoms in total. The molecule has 140 valence electrons. The SMILES string of the molecule is CC(C)c1ccc(CSc2nc3ccccc3c(=O)n2CCC(=O)O)cc1. The molecule has 0 aliphatic heterocycles. The van der Waals surface area contributed by atoms with Crippen molar-refractivity contribution in [1.29, 1.82) is 0 Å². The zero-order valence-corrected chi connectivity index (χ0v) is 16.2. The lowest BCUT2D eigenvalue weighted by Crippen LogP contribution is -2.24. The van der Waals surface area contributed by atoms with Crippen LogP contribution in [0.4, 0.5) is 0 Å². The molecule has 3 aromatic rings. The minimum atomic E-state index is -0.935. The fourth-order valence-electron chi connectivity index (χ4n) is 2.81. The largest absolute Gasteiger partial charge is 0.481 e. The number of benzene rings is 2. The van der Waals surface area contributed by atoms with Crippen molar-refractivity contribution >= 4 is 28.6 Å². The maximum Gasteiger partial charge on any atom is 0.305 e. The highest BCUT2D eigenvalue weighted by atomic mass is 32.2. The zero-order valence-electron chi connectivity index (χ0n) is 15.4. The van der Waals surface area contributed by atoms with Gasteiger partial charge < -0.3 is 5.11 Å². The number of hydrogen-bond donors (Lipinski definition) is 1. The first-order chi connectivity index (χ1) is 13.0. The first kappa shape index (κ1) is 19.2. The lowest BCUT2D eigenvalue weighted by molar-refractivity contribution is -0.137. The molecule has 0 aliphatic rings. The van der Waals surface area contributed by atoms with Crippen LogP contribution in [0.2, 0.25) is 0 Å². The smallest absolute Gasteiger partial charge is 0.305 e. The van der Waals surface area contributed by atoms with E-state index in [-0.39, 0.29) is 18.5 Å². The molecule has 0 radical (unpaired) electrons. The Kier molecular flexibility index (Phi) is 5.96. The van der Waals surface area contributed by atoms with Crippen LogP contribution in [0.3, 0.4) is 0 Å². The third kappa shape index (κ3) is 4.57. The molecular weight excluding hydrogens is 360 g/mol. The van der Waals surface area contributed by atoms with Gasteiger partial charge in [-0.05, 0) is 29.2 Å². The summed E-state index contributed by atoms with van der Waals surface area (Å²) >= 11 is 1.45. The van der Waals surface area contributed by atoms with Crippen LogP contribution in [0.25, 0.3) is 10.9 Å². The number of para-hydroxylation sites is 1. The van der Waals surface area contributed by atoms with E-state index in [2.05, 4.69) is 43.1 Å². The second kappa shape index (κ2) is 8.39. The minimum Gasteiger partial charge on any atom is -0.481 e. The summed E-state index contributed by atoms with van der Waals surface area (Å²) in [5.41, 5.74) is 2.86. The summed E-state index contributed by atoms with van der Waals surface area (Å²) in [6.45, 7) is 4.43. The molecule has 1 N–H and O–H groups in total. The number of rotatable bonds is 7. The highest BCUT2D eigenvalue weighted by Crippen LogP contribution is 2.23. The van der Waals surface area contributed by atoms with Gasteiger partial charge in [0.1, 0.15) is 0 Å². The molecule has 6 heteroatoms. The Morgan fingerprint density at radius 1 is 1.15 bits per heavy atom. The highest BCUT2D eigenvalue weighted by molar-refractivity contribution is 7.98. The van der Waals surface area contributed by atoms with Crippen LogP contribution in [0.1, 0.15) is 37.3 Å². The molecule has 0 bridgehead atoms. The van der Waals surface area contributed by atoms with E-state index in [1.54, 1.807) is 18.2 Å². The summed E-state index contributed by atoms with van der Waals surface area (Å²) in [5, 5.41) is 10.1. The van der Waals surface area contributed by atoms with Crippen molar-refractivity contribution in [3.8, 4) is 0 Å². The third-order valence-corrected chi connectivity index (χ3v) is 5.44. The monoisotopic (exact) mass is 382 g/mol. The maximum absolute atomic E-state index is 12.8. The molecule has 1 aromatic heterocycles. The quantitative estimate of drug-likeness (QED) is 0.488. The lowest BCUT2D eigenvalue weighted by Gasteiger charge is -2.12. The topological polar surface area (TPSA) is 72.2 Å². The number of thioether (sulfide) groups is 1. The number of aliphatic carboxylic acids is 1. The van der Waals surface area contributed by atoms with Crippen molar-refractivity contribution < 1.29 is 9.90 Å². The molecule has 1 heterocycles. The number of hydrogen-bond acceptors (Lipinski definition) is 4. The minimum absolute atomic E-state index is 0.112. The number of fused-ring (bicyclic) bond motifs is 1. The summed E-state index contributed by atoms with van der Waals surface area (Å²) in [4.78, 5) is 28.4. The van der Waals surface area contributed by atoms with E-state index in [0.717, 1.165) is 5.56 Å². The molecule has 0 saturated heterocycles. The number of aromatic nitrogens is 2. The van der Waals surface area contributed by atoms with Gasteiger partial charge in [0.05, 0.1) is 17.3 Å². The van der Waals surface area contributed by atoms with Crippen LogP contribution in [0, 0.1) is 0 Å². The van der Waals surface area contributed by atoms with E-state index in [0.29, 0.717) is 27.7 Å². The zero-order chi connectivity index (χ0) is 19.4. The van der Waals surface area contributed by atoms with Gasteiger partial charge in [0.15, 0.2) is 5.16 Å². The molecule has 0 spiro atoms. The Hall–Kier alpha value is -2.60. The van der Waals surface area contributed by atoms with Gasteiger partial charge in [0.2, 0.25) is 0 Å². The van der Waals surface area contributed by atoms with Crippen molar-refractivity contribution in [2.45, 2.75) is 43.6 Å². The summed E-state index contributed by atoms with van der Waals surface area (Å²) in [5.74, 6) is 0.210. The fraction of sp³-hybridized carbons (Fsp3) is 0.286. The summed E-state index contributed by atoms with van der Waals surface area (Å²) in [6.07, 6.45) is -0.115. The molecule has 0 atom stereocenters. The van der Waals surface area contributed by atoms with Gasteiger partial charge in [0.25, 0.3) is 5.56 Å². The van der Waals surface area contributed by atoms with E-state index in [9.17, 15) is 9.59 Å². The molecule has 3 rings (SSSR count). The van der Waals surface area contributed by atoms with Gasteiger partial charge in [-0.2, -0.15) is 0 Å². The predicted octanol–water partition coefficient (Wildman–Crippen LogP) is 4.29. The molecule has 0 aliphatic carbocycles. The van der Waals surface area contributed by atoms with Gasteiger partial charge in [-0.15, -0.1) is 0 Å². The van der Waals surface area contributed by atoms with Crippen molar-refractivity contribution in [2.75, 3.05) is 0 Å². The molecule has 27 heavy (non-hydrogen) atoms. The van der Waals surface area contributed by atoms with Crippen molar-refractivity contribution in [1.82, 2.24) is 9.55 Å². The first-order valence-electron chi connectivity index (χ1n) is 8.88. The highest BCUT2D eigenvalue weighted by Gasteiger charge is 2.13. The number of carbonyl (C=O) groups is 1. The van der Waals surface area contributed by atoms with Gasteiger partial charge in [-0.25, -0.2) is 4.98 Å². The van der Waals surface area contributed by atoms with Crippen molar-refractivity contribution in [2.24, 2.45) is 0 Å². The average Bonchev–Trinajstić information content (AvgIpc) is 2.66. The van der Waals surface area contributed by atoms with Gasteiger partial charge in [0, 0.05) is 12.3 Å². The normalized spacial score (nSPS) is 11.2. The third-order valence-electron chi connectivity index (χ3n) is 4.39. The van der Waals surface area contributed by atoms with Crippen LogP contribution in [-0.4, -0.2) is 20.6 Å². The fourth-order valence-corrected chi connectivity index (χ4v) is 3.79. The second-order valence-corrected chi connectivity index (χ2v) is 7.64. The van der Waals surface area contributed by atoms with Crippen molar-refractivity contribution in [3.05, 3.63) is 70.0 Å². The van der Waals surface area contributed by atoms with E-state index >= 15 is 0 Å². The number of nitrogens with zero attached hydrogens (tertiary/aromatic N) is 2. The van der Waals surface area contributed by atoms with Crippen LogP contribution in [0.15, 0.2) is 58.5 Å². The number of carboxylic acid groups (broad SMARTS) is 1. The molecule has 0 saturated carbocycles. The van der Waals surface area contributed by atoms with E-state index in [1.165, 1.54) is 21.9 Å². The van der Waals surface area contributed by atoms with Crippen LogP contribution in [0.5, 0.6) is 0 Å². The Morgan fingerprint density at radius 3 is 2.52 bits per heavy atom. The second-order valence-electron chi connectivity index (χ2n) is 6.70. The van der Waals surface area contributed by atoms with Crippen molar-refractivity contribution in [3.63, 3.8) is 0 Å². The van der Waals surface area contributed by atoms with Gasteiger partial charge >= 0.3 is 5.97 Å². The Labute approximate surface area is 162 Å². The Bertz CT molecular complexity index is 1010. The van der Waals surface area contributed by atoms with Crippen LogP contribution in [-0.2, 0) is 17.1 Å². The summed E-state index contributed by atoms with van der Waals surface area (Å²) in [6, 6.07) is 15.6. The van der Waals surface area contributed by atoms with E-state index in [4.69, 9.17) is 5.11 Å². The maximum atomic E-state index is 12.8. The average molecular weight is 382 g/mol. The number of carboxylic acids is 1. The molecule has 2 aromatic carbocycles. The molecule has 0 amide bonds. The van der Waals surface area contributed by atoms with Gasteiger partial charge in [-0.1, -0.05) is 62.0 Å². The predicted molar refractivity (Wildman–Crippen MR) is 108 cm³/mol. The standard InChI is InChI=1S/C21H22N2O3S/c1-14(2)16-9-7-15(8-10-16)13-27-21-22-18-6-4-3-5-17(18)20(26)23(21)12-11-19(24)25/h3-10,14H,11-13H2,1-2H3,(H,24,25). The molecule has 0 unspecified atom stereocenters. The Balaban J connectivity index is 1.90. The van der Waals surface area contributed by atoms with Crippen LogP contribution < -0.4 is 5.56 Å². The van der Waals surface area contributed by atoms with E-state index < -0.39 is 5.97 Å². The van der Waals surface area contributed by atoms with E-state index in [1.807, 2.05) is 6.07 Å². The first-order valence-corrected chi connectivity index (χ1v) is 9.87. The van der Waals surface area contributed by atoms with Gasteiger partial charge in [-0.3, -0.25) is 14.2 Å². The molecule has 0 fully saturated rings. The summed E-state index contributed by atoms with van der Waals surface area (Å²) < 4.78 is 1.48. The summed E-state index contributed by atoms with van der Waals surface area (Å²) in [7, 11) is 0. The Morgan fingerprint density at radius 2 is 1.85 bits per heavy atom.